The van der Waals surface area contributed by atoms with Gasteiger partial charge in [0.1, 0.15) is 5.82 Å². The molecular formula is C13H11N3OPd. The molecule has 1 aromatic carbocycles. The van der Waals surface area contributed by atoms with E-state index in [0.29, 0.717) is 12.2 Å². The maximum Gasteiger partial charge on any atom is 0.228 e. The number of benzene rings is 1. The summed E-state index contributed by atoms with van der Waals surface area (Å²) in [6.45, 7) is 0. The summed E-state index contributed by atoms with van der Waals surface area (Å²) in [7, 11) is 0. The van der Waals surface area contributed by atoms with E-state index in [1.165, 1.54) is 0 Å². The number of pyridine rings is 1. The summed E-state index contributed by atoms with van der Waals surface area (Å²) in [6.07, 6.45) is 2.16. The van der Waals surface area contributed by atoms with Crippen LogP contribution in [0.3, 0.4) is 0 Å². The van der Waals surface area contributed by atoms with Gasteiger partial charge in [-0.25, -0.2) is 4.98 Å². The van der Waals surface area contributed by atoms with Crippen molar-refractivity contribution in [3.63, 3.8) is 0 Å². The molecule has 1 aliphatic rings. The van der Waals surface area contributed by atoms with Gasteiger partial charge < -0.3 is 11.1 Å². The van der Waals surface area contributed by atoms with E-state index in [4.69, 9.17) is 5.73 Å². The van der Waals surface area contributed by atoms with Gasteiger partial charge in [-0.05, 0) is 29.3 Å². The van der Waals surface area contributed by atoms with Crippen molar-refractivity contribution in [1.29, 1.82) is 0 Å². The Kier molecular flexibility index (Phi) is 3.46. The fraction of sp³-hybridized carbons (Fsp3) is 0.0769. The Labute approximate surface area is 118 Å². The summed E-state index contributed by atoms with van der Waals surface area (Å²) >= 11 is 0. The first-order valence-corrected chi connectivity index (χ1v) is 5.38. The van der Waals surface area contributed by atoms with Gasteiger partial charge in [-0.1, -0.05) is 12.1 Å². The van der Waals surface area contributed by atoms with E-state index in [1.807, 2.05) is 24.3 Å². The predicted octanol–water partition coefficient (Wildman–Crippen LogP) is 1.82. The minimum atomic E-state index is 0. The first-order chi connectivity index (χ1) is 8.24. The first kappa shape index (κ1) is 12.8. The molecule has 0 fully saturated rings. The molecule has 1 aromatic heterocycles. The molecule has 3 N–H and O–H groups in total. The molecular weight excluding hydrogens is 321 g/mol. The van der Waals surface area contributed by atoms with Gasteiger partial charge in [0.2, 0.25) is 5.91 Å². The Morgan fingerprint density at radius 3 is 2.78 bits per heavy atom. The fourth-order valence-corrected chi connectivity index (χ4v) is 2.08. The van der Waals surface area contributed by atoms with Crippen molar-refractivity contribution in [3.05, 3.63) is 42.1 Å². The molecule has 0 saturated carbocycles. The van der Waals surface area contributed by atoms with Crippen molar-refractivity contribution in [3.8, 4) is 11.1 Å². The molecule has 2 heterocycles. The molecule has 0 radical (unpaired) electrons. The van der Waals surface area contributed by atoms with Crippen molar-refractivity contribution in [2.45, 2.75) is 6.42 Å². The maximum atomic E-state index is 11.4. The number of nitrogens with two attached hydrogens (primary N) is 1. The minimum absolute atomic E-state index is 0. The van der Waals surface area contributed by atoms with E-state index in [9.17, 15) is 4.79 Å². The van der Waals surface area contributed by atoms with E-state index in [1.54, 1.807) is 12.3 Å². The fourth-order valence-electron chi connectivity index (χ4n) is 2.08. The topological polar surface area (TPSA) is 68.0 Å². The van der Waals surface area contributed by atoms with Crippen LogP contribution < -0.4 is 11.1 Å². The third-order valence-electron chi connectivity index (χ3n) is 2.88. The van der Waals surface area contributed by atoms with Crippen LogP contribution >= 0.6 is 0 Å². The number of carbonyl (C=O) groups excluding carboxylic acids is 1. The summed E-state index contributed by atoms with van der Waals surface area (Å²) in [5.41, 5.74) is 9.50. The molecule has 0 bridgehead atoms. The Bertz CT molecular complexity index is 596. The van der Waals surface area contributed by atoms with Crippen molar-refractivity contribution in [2.75, 3.05) is 11.1 Å². The zero-order valence-corrected chi connectivity index (χ0v) is 11.0. The van der Waals surface area contributed by atoms with E-state index < -0.39 is 0 Å². The van der Waals surface area contributed by atoms with Gasteiger partial charge >= 0.3 is 0 Å². The Hall–Kier alpha value is -1.70. The number of nitrogen functional groups attached to an aromatic ring is 1. The third kappa shape index (κ3) is 2.15. The van der Waals surface area contributed by atoms with Crippen molar-refractivity contribution >= 4 is 17.4 Å². The molecule has 1 amide bonds. The van der Waals surface area contributed by atoms with Gasteiger partial charge in [-0.15, -0.1) is 0 Å². The van der Waals surface area contributed by atoms with Crippen LogP contribution in [0.4, 0.5) is 11.5 Å². The summed E-state index contributed by atoms with van der Waals surface area (Å²) in [5.74, 6) is 0.534. The normalized spacial score (nSPS) is 12.6. The Morgan fingerprint density at radius 1 is 1.22 bits per heavy atom. The Morgan fingerprint density at radius 2 is 2.06 bits per heavy atom. The van der Waals surface area contributed by atoms with E-state index in [-0.39, 0.29) is 26.3 Å². The number of hydrogen-bond donors (Lipinski definition) is 2. The van der Waals surface area contributed by atoms with Crippen LogP contribution in [0.25, 0.3) is 11.1 Å². The zero-order chi connectivity index (χ0) is 11.8. The molecule has 94 valence electrons. The molecule has 0 atom stereocenters. The van der Waals surface area contributed by atoms with Crippen LogP contribution in [0, 0.1) is 0 Å². The van der Waals surface area contributed by atoms with Gasteiger partial charge in [0, 0.05) is 37.9 Å². The second kappa shape index (κ2) is 4.89. The number of nitrogens with zero attached hydrogens (tertiary/aromatic N) is 1. The second-order valence-electron chi connectivity index (χ2n) is 4.03. The van der Waals surface area contributed by atoms with Crippen LogP contribution in [0.2, 0.25) is 0 Å². The number of amides is 1. The number of rotatable bonds is 1. The van der Waals surface area contributed by atoms with Gasteiger partial charge in [0.25, 0.3) is 0 Å². The predicted molar refractivity (Wildman–Crippen MR) is 66.4 cm³/mol. The molecule has 5 heteroatoms. The number of anilines is 2. The molecule has 18 heavy (non-hydrogen) atoms. The summed E-state index contributed by atoms with van der Waals surface area (Å²) in [4.78, 5) is 15.5. The largest absolute Gasteiger partial charge is 0.384 e. The average molecular weight is 332 g/mol. The molecule has 0 aliphatic carbocycles. The molecule has 1 aliphatic heterocycles. The first-order valence-electron chi connectivity index (χ1n) is 5.38. The molecule has 3 rings (SSSR count). The number of nitrogens with one attached hydrogen (secondary N) is 1. The quantitative estimate of drug-likeness (QED) is 0.783. The zero-order valence-electron chi connectivity index (χ0n) is 9.42. The molecule has 0 unspecified atom stereocenters. The SMILES string of the molecule is Nc1ccc(-c2cccc3c2CC(=O)N3)cn1.[Pd]. The van der Waals surface area contributed by atoms with Crippen LogP contribution in [-0.4, -0.2) is 10.9 Å². The van der Waals surface area contributed by atoms with E-state index >= 15 is 0 Å². The van der Waals surface area contributed by atoms with Gasteiger partial charge in [0.15, 0.2) is 0 Å². The minimum Gasteiger partial charge on any atom is -0.384 e. The average Bonchev–Trinajstić information content (AvgIpc) is 2.70. The summed E-state index contributed by atoms with van der Waals surface area (Å²) < 4.78 is 0. The molecule has 4 nitrogen and oxygen atoms in total. The van der Waals surface area contributed by atoms with Crippen molar-refractivity contribution < 1.29 is 25.2 Å². The van der Waals surface area contributed by atoms with Gasteiger partial charge in [-0.2, -0.15) is 0 Å². The Balaban J connectivity index is 0.00000120. The standard InChI is InChI=1S/C13H11N3O.Pd/c14-12-5-4-8(7-15-12)9-2-1-3-11-10(9)6-13(17)16-11;/h1-5,7H,6H2,(H2,14,15)(H,16,17);. The summed E-state index contributed by atoms with van der Waals surface area (Å²) in [6, 6.07) is 9.51. The smallest absolute Gasteiger partial charge is 0.228 e. The number of hydrogen-bond acceptors (Lipinski definition) is 3. The number of aromatic nitrogens is 1. The monoisotopic (exact) mass is 331 g/mol. The van der Waals surface area contributed by atoms with Crippen LogP contribution in [0.1, 0.15) is 5.56 Å². The second-order valence-corrected chi connectivity index (χ2v) is 4.03. The number of carbonyl (C=O) groups is 1. The molecule has 2 aromatic rings. The van der Waals surface area contributed by atoms with Crippen LogP contribution in [0.5, 0.6) is 0 Å². The van der Waals surface area contributed by atoms with Crippen molar-refractivity contribution in [1.82, 2.24) is 4.98 Å². The molecule has 0 spiro atoms. The van der Waals surface area contributed by atoms with Crippen LogP contribution in [0.15, 0.2) is 36.5 Å². The maximum absolute atomic E-state index is 11.4. The van der Waals surface area contributed by atoms with E-state index in [0.717, 1.165) is 22.4 Å². The van der Waals surface area contributed by atoms with Crippen LogP contribution in [-0.2, 0) is 31.6 Å². The van der Waals surface area contributed by atoms with E-state index in [2.05, 4.69) is 10.3 Å². The van der Waals surface area contributed by atoms with Gasteiger partial charge in [-0.3, -0.25) is 4.79 Å². The van der Waals surface area contributed by atoms with Crippen molar-refractivity contribution in [2.24, 2.45) is 0 Å². The number of fused-ring (bicyclic) bond motifs is 1. The molecule has 0 saturated heterocycles. The summed E-state index contributed by atoms with van der Waals surface area (Å²) in [5, 5.41) is 2.83. The van der Waals surface area contributed by atoms with Gasteiger partial charge in [0.05, 0.1) is 6.42 Å². The third-order valence-corrected chi connectivity index (χ3v) is 2.88.